The molecule has 8 nitrogen and oxygen atoms in total. The summed E-state index contributed by atoms with van der Waals surface area (Å²) in [5.41, 5.74) is -0.996. The molecule has 2 N–H and O–H groups in total. The standard InChI is InChI=1S/C19H16F4N6O2/c20-14-5-12(1-2-13(14)15-8-24-3-4-31-15)29(18(30)11-6-26-27-7-11)17-10-25-9-16(28-17)19(21,22)23/h1-2,5-7,9-10,15,24H,3-4,8H2,(H,26,27)/t15-/m1/s1. The van der Waals surface area contributed by atoms with Gasteiger partial charge in [-0.2, -0.15) is 18.3 Å². The van der Waals surface area contributed by atoms with E-state index >= 15 is 0 Å². The Hall–Kier alpha value is -3.38. The van der Waals surface area contributed by atoms with Crippen molar-refractivity contribution in [3.05, 3.63) is 65.6 Å². The first kappa shape index (κ1) is 20.9. The van der Waals surface area contributed by atoms with E-state index in [-0.39, 0.29) is 16.8 Å². The van der Waals surface area contributed by atoms with Gasteiger partial charge in [0.25, 0.3) is 5.91 Å². The van der Waals surface area contributed by atoms with Gasteiger partial charge in [0, 0.05) is 24.8 Å². The van der Waals surface area contributed by atoms with Crippen LogP contribution in [0, 0.1) is 5.82 Å². The fraction of sp³-hybridized carbons (Fsp3) is 0.263. The number of alkyl halides is 3. The van der Waals surface area contributed by atoms with Crippen LogP contribution >= 0.6 is 0 Å². The maximum atomic E-state index is 14.9. The second-order valence-corrected chi connectivity index (χ2v) is 6.66. The summed E-state index contributed by atoms with van der Waals surface area (Å²) in [4.78, 5) is 20.9. The van der Waals surface area contributed by atoms with E-state index in [1.807, 2.05) is 0 Å². The first-order valence-corrected chi connectivity index (χ1v) is 9.19. The molecular weight excluding hydrogens is 420 g/mol. The van der Waals surface area contributed by atoms with Crippen LogP contribution in [-0.2, 0) is 10.9 Å². The van der Waals surface area contributed by atoms with Crippen LogP contribution in [-0.4, -0.2) is 45.8 Å². The summed E-state index contributed by atoms with van der Waals surface area (Å²) in [5.74, 6) is -1.84. The first-order valence-electron chi connectivity index (χ1n) is 9.19. The van der Waals surface area contributed by atoms with Crippen molar-refractivity contribution in [2.24, 2.45) is 0 Å². The lowest BCUT2D eigenvalue weighted by molar-refractivity contribution is -0.141. The third kappa shape index (κ3) is 4.39. The van der Waals surface area contributed by atoms with Crippen LogP contribution in [0.2, 0.25) is 0 Å². The number of benzene rings is 1. The van der Waals surface area contributed by atoms with Gasteiger partial charge in [0.1, 0.15) is 5.82 Å². The minimum atomic E-state index is -4.77. The molecule has 0 bridgehead atoms. The molecule has 4 rings (SSSR count). The molecule has 0 radical (unpaired) electrons. The molecular formula is C19H16F4N6O2. The molecule has 1 amide bonds. The third-order valence-corrected chi connectivity index (χ3v) is 4.61. The summed E-state index contributed by atoms with van der Waals surface area (Å²) in [6.07, 6.45) is -1.29. The highest BCUT2D eigenvalue weighted by Gasteiger charge is 2.34. The van der Waals surface area contributed by atoms with Gasteiger partial charge in [-0.1, -0.05) is 6.07 Å². The number of aromatic amines is 1. The Morgan fingerprint density at radius 1 is 1.23 bits per heavy atom. The highest BCUT2D eigenvalue weighted by atomic mass is 19.4. The predicted molar refractivity (Wildman–Crippen MR) is 100 cm³/mol. The molecule has 0 aliphatic carbocycles. The zero-order chi connectivity index (χ0) is 22.0. The largest absolute Gasteiger partial charge is 0.434 e. The summed E-state index contributed by atoms with van der Waals surface area (Å²) < 4.78 is 59.8. The van der Waals surface area contributed by atoms with Crippen molar-refractivity contribution in [1.82, 2.24) is 25.5 Å². The summed E-state index contributed by atoms with van der Waals surface area (Å²) in [6, 6.07) is 3.89. The van der Waals surface area contributed by atoms with E-state index in [1.165, 1.54) is 24.5 Å². The van der Waals surface area contributed by atoms with Crippen molar-refractivity contribution < 1.29 is 27.1 Å². The Morgan fingerprint density at radius 3 is 2.71 bits per heavy atom. The monoisotopic (exact) mass is 436 g/mol. The third-order valence-electron chi connectivity index (χ3n) is 4.61. The van der Waals surface area contributed by atoms with E-state index in [1.54, 1.807) is 0 Å². The van der Waals surface area contributed by atoms with Crippen molar-refractivity contribution in [2.75, 3.05) is 24.6 Å². The van der Waals surface area contributed by atoms with E-state index < -0.39 is 35.5 Å². The number of carbonyl (C=O) groups excluding carboxylic acids is 1. The maximum absolute atomic E-state index is 14.9. The van der Waals surface area contributed by atoms with Gasteiger partial charge in [0.15, 0.2) is 11.5 Å². The quantitative estimate of drug-likeness (QED) is 0.611. The van der Waals surface area contributed by atoms with Gasteiger partial charge >= 0.3 is 6.18 Å². The van der Waals surface area contributed by atoms with E-state index in [4.69, 9.17) is 4.74 Å². The van der Waals surface area contributed by atoms with Gasteiger partial charge in [-0.05, 0) is 12.1 Å². The fourth-order valence-electron chi connectivity index (χ4n) is 3.13. The number of aromatic nitrogens is 4. The van der Waals surface area contributed by atoms with Crippen LogP contribution < -0.4 is 10.2 Å². The Labute approximate surface area is 173 Å². The number of hydrogen-bond acceptors (Lipinski definition) is 6. The predicted octanol–water partition coefficient (Wildman–Crippen LogP) is 3.00. The number of halogens is 4. The van der Waals surface area contributed by atoms with Gasteiger partial charge in [-0.15, -0.1) is 0 Å². The molecule has 0 unspecified atom stereocenters. The molecule has 2 aromatic heterocycles. The van der Waals surface area contributed by atoms with E-state index in [9.17, 15) is 22.4 Å². The number of nitrogens with one attached hydrogen (secondary N) is 2. The SMILES string of the molecule is O=C(c1cn[nH]c1)N(c1ccc([C@H]2CNCCO2)c(F)c1)c1cncc(C(F)(F)F)n1. The number of H-pyrrole nitrogens is 1. The summed E-state index contributed by atoms with van der Waals surface area (Å²) in [5, 5.41) is 9.22. The molecule has 12 heteroatoms. The van der Waals surface area contributed by atoms with Gasteiger partial charge in [-0.3, -0.25) is 19.8 Å². The van der Waals surface area contributed by atoms with Crippen LogP contribution in [0.5, 0.6) is 0 Å². The Morgan fingerprint density at radius 2 is 2.06 bits per heavy atom. The molecule has 3 heterocycles. The van der Waals surface area contributed by atoms with Crippen molar-refractivity contribution >= 4 is 17.4 Å². The summed E-state index contributed by atoms with van der Waals surface area (Å²) in [7, 11) is 0. The van der Waals surface area contributed by atoms with Gasteiger partial charge in [0.05, 0.1) is 42.6 Å². The minimum absolute atomic E-state index is 0.0233. The summed E-state index contributed by atoms with van der Waals surface area (Å²) in [6.45, 7) is 1.47. The van der Waals surface area contributed by atoms with Crippen LogP contribution in [0.3, 0.4) is 0 Å². The zero-order valence-corrected chi connectivity index (χ0v) is 15.9. The van der Waals surface area contributed by atoms with Gasteiger partial charge in [0.2, 0.25) is 0 Å². The van der Waals surface area contributed by atoms with E-state index in [0.717, 1.165) is 17.2 Å². The number of morpholine rings is 1. The molecule has 0 saturated carbocycles. The van der Waals surface area contributed by atoms with Crippen molar-refractivity contribution in [3.63, 3.8) is 0 Å². The number of amides is 1. The lowest BCUT2D eigenvalue weighted by atomic mass is 10.1. The second-order valence-electron chi connectivity index (χ2n) is 6.66. The number of ether oxygens (including phenoxy) is 1. The van der Waals surface area contributed by atoms with E-state index in [2.05, 4.69) is 25.5 Å². The molecule has 31 heavy (non-hydrogen) atoms. The lowest BCUT2D eigenvalue weighted by Crippen LogP contribution is -2.34. The highest BCUT2D eigenvalue weighted by molar-refractivity contribution is 6.10. The first-order chi connectivity index (χ1) is 14.8. The Bertz CT molecular complexity index is 1070. The molecule has 3 aromatic rings. The topological polar surface area (TPSA) is 96.0 Å². The Balaban J connectivity index is 1.76. The highest BCUT2D eigenvalue weighted by Crippen LogP contribution is 2.33. The number of hydrogen-bond donors (Lipinski definition) is 2. The van der Waals surface area contributed by atoms with Crippen LogP contribution in [0.4, 0.5) is 29.1 Å². The van der Waals surface area contributed by atoms with Crippen molar-refractivity contribution in [1.29, 1.82) is 0 Å². The van der Waals surface area contributed by atoms with Gasteiger partial charge in [-0.25, -0.2) is 9.37 Å². The van der Waals surface area contributed by atoms with Crippen LogP contribution in [0.25, 0.3) is 0 Å². The normalized spacial score (nSPS) is 16.8. The van der Waals surface area contributed by atoms with Gasteiger partial charge < -0.3 is 10.1 Å². The molecule has 1 aliphatic heterocycles. The molecule has 1 saturated heterocycles. The average Bonchev–Trinajstić information content (AvgIpc) is 3.29. The fourth-order valence-corrected chi connectivity index (χ4v) is 3.13. The maximum Gasteiger partial charge on any atom is 0.434 e. The minimum Gasteiger partial charge on any atom is -0.371 e. The molecule has 162 valence electrons. The van der Waals surface area contributed by atoms with Crippen LogP contribution in [0.1, 0.15) is 27.7 Å². The van der Waals surface area contributed by atoms with Crippen molar-refractivity contribution in [2.45, 2.75) is 12.3 Å². The number of nitrogens with zero attached hydrogens (tertiary/aromatic N) is 4. The van der Waals surface area contributed by atoms with Crippen LogP contribution in [0.15, 0.2) is 43.0 Å². The molecule has 1 atom stereocenters. The number of anilines is 2. The summed E-state index contributed by atoms with van der Waals surface area (Å²) >= 11 is 0. The molecule has 1 aliphatic rings. The van der Waals surface area contributed by atoms with Crippen molar-refractivity contribution in [3.8, 4) is 0 Å². The molecule has 1 aromatic carbocycles. The number of rotatable bonds is 4. The Kier molecular flexibility index (Phi) is 5.65. The zero-order valence-electron chi connectivity index (χ0n) is 15.9. The average molecular weight is 436 g/mol. The molecule has 0 spiro atoms. The lowest BCUT2D eigenvalue weighted by Gasteiger charge is -2.26. The number of carbonyl (C=O) groups is 1. The van der Waals surface area contributed by atoms with E-state index in [0.29, 0.717) is 25.9 Å². The smallest absolute Gasteiger partial charge is 0.371 e. The second kappa shape index (κ2) is 8.40. The molecule has 1 fully saturated rings.